The van der Waals surface area contributed by atoms with Gasteiger partial charge < -0.3 is 46.1 Å². The number of para-hydroxylation sites is 4. The van der Waals surface area contributed by atoms with Crippen molar-refractivity contribution in [2.45, 2.75) is 9.79 Å². The molecule has 6 aromatic carbocycles. The zero-order chi connectivity index (χ0) is 55.9. The number of carboxylic acids is 1. The highest BCUT2D eigenvalue weighted by atomic mass is 35.5. The Labute approximate surface area is 455 Å². The van der Waals surface area contributed by atoms with Crippen LogP contribution < -0.4 is 40.6 Å². The number of anilines is 6. The van der Waals surface area contributed by atoms with Crippen molar-refractivity contribution in [3.05, 3.63) is 155 Å². The van der Waals surface area contributed by atoms with Crippen molar-refractivity contribution in [3.63, 3.8) is 0 Å². The Morgan fingerprint density at radius 3 is 1.34 bits per heavy atom. The maximum atomic E-state index is 13.4. The first kappa shape index (κ1) is 58.4. The maximum absolute atomic E-state index is 13.4. The first-order chi connectivity index (χ1) is 36.7. The number of amides is 1. The van der Waals surface area contributed by atoms with Crippen LogP contribution in [0.25, 0.3) is 22.1 Å². The second-order valence-electron chi connectivity index (χ2n) is 17.0. The van der Waals surface area contributed by atoms with Crippen molar-refractivity contribution in [3.8, 4) is 11.5 Å². The number of benzene rings is 6. The number of nitrogens with zero attached hydrogens (tertiary/aromatic N) is 6. The van der Waals surface area contributed by atoms with E-state index in [1.165, 1.54) is 50.6 Å². The van der Waals surface area contributed by atoms with Crippen LogP contribution in [0.15, 0.2) is 143 Å². The fourth-order valence-corrected chi connectivity index (χ4v) is 9.19. The van der Waals surface area contributed by atoms with Crippen LogP contribution in [-0.4, -0.2) is 132 Å². The second kappa shape index (κ2) is 26.7. The standard InChI is InChI=1S/C26H27ClN6O4S.C22H17ClN4O5S.C4H12N2/c1-33(2)14-13-28-26(34)17-7-6-8-19(15-17)38(35,36)32-25-24(29-21-9-4-5-10-22(21)30-25)31-23-16-18(37-3)11-12-20(23)27;1-32-14-9-10-16(23)19(12-14)26-20-21(25-18-8-3-2-7-17(18)24-20)27-33(30,31)15-6-4-5-13(11-15)22(28)29;1-6(2)4-3-5/h4-12,15-16H,13-14H2,1-3H3,(H,28,34)(H,29,31)(H,30,32);2-12H,1H3,(H,24,26)(H,25,27)(H,28,29);3-5H2,1-2H3. The van der Waals surface area contributed by atoms with E-state index in [2.05, 4.69) is 50.2 Å². The first-order valence-corrected chi connectivity index (χ1v) is 26.9. The average Bonchev–Trinajstić information content (AvgIpc) is 3.40. The van der Waals surface area contributed by atoms with Crippen LogP contribution in [0.1, 0.15) is 20.7 Å². The summed E-state index contributed by atoms with van der Waals surface area (Å²) in [5.41, 5.74) is 8.14. The van der Waals surface area contributed by atoms with Gasteiger partial charge in [-0.1, -0.05) is 59.6 Å². The summed E-state index contributed by atoms with van der Waals surface area (Å²) in [6.07, 6.45) is 0. The molecule has 0 atom stereocenters. The molecule has 25 heteroatoms. The van der Waals surface area contributed by atoms with E-state index in [0.29, 0.717) is 68.1 Å². The molecule has 2 aromatic heterocycles. The molecule has 0 radical (unpaired) electrons. The molecule has 0 bridgehead atoms. The molecule has 0 spiro atoms. The number of hydrogen-bond acceptors (Lipinski definition) is 17. The highest BCUT2D eigenvalue weighted by Crippen LogP contribution is 2.35. The van der Waals surface area contributed by atoms with Crippen LogP contribution >= 0.6 is 23.2 Å². The molecule has 404 valence electrons. The smallest absolute Gasteiger partial charge is 0.335 e. The number of sulfonamides is 2. The lowest BCUT2D eigenvalue weighted by molar-refractivity contribution is 0.0696. The number of nitrogens with two attached hydrogens (primary N) is 1. The van der Waals surface area contributed by atoms with Gasteiger partial charge in [0.25, 0.3) is 26.0 Å². The molecule has 0 aliphatic heterocycles. The largest absolute Gasteiger partial charge is 0.497 e. The number of hydrogen-bond donors (Lipinski definition) is 7. The number of aromatic carboxylic acids is 1. The molecular formula is C52H56Cl2N12O9S2. The van der Waals surface area contributed by atoms with Crippen molar-refractivity contribution >= 4 is 112 Å². The number of carbonyl (C=O) groups is 2. The normalized spacial score (nSPS) is 11.2. The van der Waals surface area contributed by atoms with Crippen LogP contribution in [-0.2, 0) is 20.0 Å². The zero-order valence-electron chi connectivity index (χ0n) is 42.6. The summed E-state index contributed by atoms with van der Waals surface area (Å²) in [5.74, 6) is -0.424. The minimum Gasteiger partial charge on any atom is -0.497 e. The third-order valence-electron chi connectivity index (χ3n) is 10.7. The molecule has 1 amide bonds. The van der Waals surface area contributed by atoms with E-state index in [4.69, 9.17) is 38.4 Å². The van der Waals surface area contributed by atoms with Gasteiger partial charge in [0.05, 0.1) is 73.1 Å². The number of ether oxygens (including phenoxy) is 2. The summed E-state index contributed by atoms with van der Waals surface area (Å²) < 4.78 is 68.3. The third kappa shape index (κ3) is 16.3. The number of likely N-dealkylation sites (N-methyl/N-ethyl adjacent to an activating group) is 2. The lowest BCUT2D eigenvalue weighted by Crippen LogP contribution is -2.31. The van der Waals surface area contributed by atoms with E-state index >= 15 is 0 Å². The number of carboxylic acid groups (broad SMARTS) is 1. The molecule has 0 saturated heterocycles. The Hall–Kier alpha value is -7.90. The van der Waals surface area contributed by atoms with Gasteiger partial charge in [-0.05, 0) is 113 Å². The predicted octanol–water partition coefficient (Wildman–Crippen LogP) is 8.17. The molecule has 21 nitrogen and oxygen atoms in total. The highest BCUT2D eigenvalue weighted by molar-refractivity contribution is 7.93. The van der Waals surface area contributed by atoms with Gasteiger partial charge in [0.2, 0.25) is 0 Å². The number of nitrogens with one attached hydrogen (secondary N) is 5. The highest BCUT2D eigenvalue weighted by Gasteiger charge is 2.23. The molecule has 0 saturated carbocycles. The van der Waals surface area contributed by atoms with E-state index in [-0.39, 0.29) is 50.1 Å². The summed E-state index contributed by atoms with van der Waals surface area (Å²) in [4.78, 5) is 45.4. The van der Waals surface area contributed by atoms with Crippen molar-refractivity contribution < 1.29 is 41.0 Å². The SMILES string of the molecule is CN(C)CCN.COc1ccc(Cl)c(Nc2nc3ccccc3nc2NS(=O)(=O)c2cccc(C(=O)NCCN(C)C)c2)c1.COc1ccc(Cl)c(Nc2nc3ccccc3nc2NS(=O)(=O)c2cccc(C(=O)O)c2)c1. The van der Waals surface area contributed by atoms with Crippen molar-refractivity contribution in [1.82, 2.24) is 35.1 Å². The van der Waals surface area contributed by atoms with Crippen LogP contribution in [0.5, 0.6) is 11.5 Å². The molecular weight excluding hydrogens is 1070 g/mol. The molecule has 0 aliphatic rings. The van der Waals surface area contributed by atoms with Crippen LogP contribution in [0, 0.1) is 0 Å². The molecule has 8 aromatic rings. The van der Waals surface area contributed by atoms with E-state index in [0.717, 1.165) is 19.2 Å². The van der Waals surface area contributed by atoms with Crippen LogP contribution in [0.2, 0.25) is 10.0 Å². The number of methoxy groups -OCH3 is 2. The number of halogens is 2. The van der Waals surface area contributed by atoms with Gasteiger partial charge in [0.15, 0.2) is 23.3 Å². The average molecular weight is 1130 g/mol. The lowest BCUT2D eigenvalue weighted by atomic mass is 10.2. The maximum Gasteiger partial charge on any atom is 0.335 e. The van der Waals surface area contributed by atoms with E-state index < -0.39 is 26.0 Å². The van der Waals surface area contributed by atoms with Gasteiger partial charge >= 0.3 is 5.97 Å². The number of fused-ring (bicyclic) bond motifs is 2. The topological polar surface area (TPSA) is 285 Å². The molecule has 0 fully saturated rings. The van der Waals surface area contributed by atoms with Gasteiger partial charge in [0, 0.05) is 43.9 Å². The number of aromatic nitrogens is 4. The minimum absolute atomic E-state index is 0.0385. The molecule has 0 aliphatic carbocycles. The fraction of sp³-hybridized carbons (Fsp3) is 0.192. The summed E-state index contributed by atoms with van der Waals surface area (Å²) in [5, 5.41) is 18.8. The molecule has 8 rings (SSSR count). The third-order valence-corrected chi connectivity index (χ3v) is 14.0. The molecule has 2 heterocycles. The van der Waals surface area contributed by atoms with Crippen molar-refractivity contribution in [1.29, 1.82) is 0 Å². The number of carbonyl (C=O) groups excluding carboxylic acids is 1. The predicted molar refractivity (Wildman–Crippen MR) is 302 cm³/mol. The van der Waals surface area contributed by atoms with Crippen molar-refractivity contribution in [2.75, 3.05) is 88.7 Å². The fourth-order valence-electron chi connectivity index (χ4n) is 6.75. The zero-order valence-corrected chi connectivity index (χ0v) is 45.7. The number of rotatable bonds is 19. The second-order valence-corrected chi connectivity index (χ2v) is 21.2. The Balaban J connectivity index is 0.000000227. The quantitative estimate of drug-likeness (QED) is 0.0402. The first-order valence-electron chi connectivity index (χ1n) is 23.2. The van der Waals surface area contributed by atoms with E-state index in [1.54, 1.807) is 91.0 Å². The Kier molecular flexibility index (Phi) is 20.3. The lowest BCUT2D eigenvalue weighted by Gasteiger charge is -2.15. The summed E-state index contributed by atoms with van der Waals surface area (Å²) >= 11 is 12.6. The minimum atomic E-state index is -4.19. The van der Waals surface area contributed by atoms with E-state index in [1.807, 2.05) is 33.1 Å². The monoisotopic (exact) mass is 1130 g/mol. The van der Waals surface area contributed by atoms with E-state index in [9.17, 15) is 31.5 Å². The Bertz CT molecular complexity index is 3620. The Morgan fingerprint density at radius 2 is 0.961 bits per heavy atom. The van der Waals surface area contributed by atoms with Gasteiger partial charge in [-0.3, -0.25) is 14.2 Å². The summed E-state index contributed by atoms with van der Waals surface area (Å²) in [7, 11) is 2.50. The molecule has 77 heavy (non-hydrogen) atoms. The van der Waals surface area contributed by atoms with Gasteiger partial charge in [-0.25, -0.2) is 41.6 Å². The van der Waals surface area contributed by atoms with Crippen molar-refractivity contribution in [2.24, 2.45) is 5.73 Å². The van der Waals surface area contributed by atoms with Gasteiger partial charge in [-0.15, -0.1) is 0 Å². The molecule has 0 unspecified atom stereocenters. The van der Waals surface area contributed by atoms with Crippen LogP contribution in [0.4, 0.5) is 34.6 Å². The van der Waals surface area contributed by atoms with Crippen LogP contribution in [0.3, 0.4) is 0 Å². The molecule has 8 N–H and O–H groups in total. The van der Waals surface area contributed by atoms with Gasteiger partial charge in [-0.2, -0.15) is 0 Å². The Morgan fingerprint density at radius 1 is 0.558 bits per heavy atom. The van der Waals surface area contributed by atoms with Gasteiger partial charge in [0.1, 0.15) is 11.5 Å². The summed E-state index contributed by atoms with van der Waals surface area (Å²) in [6, 6.07) is 34.7. The summed E-state index contributed by atoms with van der Waals surface area (Å²) in [6.45, 7) is 2.82.